The molecule has 0 aliphatic heterocycles. The maximum absolute atomic E-state index is 11.0. The maximum Gasteiger partial charge on any atom is 0.286 e. The molecule has 0 bridgehead atoms. The third-order valence-electron chi connectivity index (χ3n) is 1.60. The topological polar surface area (TPSA) is 64.2 Å². The fraction of sp³-hybridized carbons (Fsp3) is 0.556. The van der Waals surface area contributed by atoms with Crippen LogP contribution in [0.4, 0.5) is 0 Å². The van der Waals surface area contributed by atoms with Crippen molar-refractivity contribution in [1.29, 1.82) is 0 Å². The summed E-state index contributed by atoms with van der Waals surface area (Å²) in [6.07, 6.45) is 2.33. The van der Waals surface area contributed by atoms with Crippen molar-refractivity contribution in [2.45, 2.75) is 13.3 Å². The molecule has 1 rings (SSSR count). The average Bonchev–Trinajstić information content (AvgIpc) is 2.24. The van der Waals surface area contributed by atoms with Crippen LogP contribution in [0.3, 0.4) is 0 Å². The summed E-state index contributed by atoms with van der Waals surface area (Å²) in [4.78, 5) is 11.0. The number of aromatic nitrogens is 2. The fourth-order valence-electron chi connectivity index (χ4n) is 0.925. The van der Waals surface area contributed by atoms with Crippen molar-refractivity contribution in [3.63, 3.8) is 0 Å². The van der Waals surface area contributed by atoms with Gasteiger partial charge in [-0.1, -0.05) is 18.5 Å². The summed E-state index contributed by atoms with van der Waals surface area (Å²) < 4.78 is 10.4. The van der Waals surface area contributed by atoms with Gasteiger partial charge < -0.3 is 9.47 Å². The van der Waals surface area contributed by atoms with Gasteiger partial charge in [0, 0.05) is 6.61 Å². The summed E-state index contributed by atoms with van der Waals surface area (Å²) in [5.41, 5.74) is -0.455. The van der Waals surface area contributed by atoms with Gasteiger partial charge in [0.15, 0.2) is 10.8 Å². The highest BCUT2D eigenvalue weighted by atomic mass is 35.5. The Kier molecular flexibility index (Phi) is 5.14. The monoisotopic (exact) mass is 232 g/mol. The van der Waals surface area contributed by atoms with Crippen LogP contribution in [-0.4, -0.2) is 30.0 Å². The molecule has 0 aromatic carbocycles. The third kappa shape index (κ3) is 3.89. The first kappa shape index (κ1) is 12.0. The smallest absolute Gasteiger partial charge is 0.286 e. The molecule has 0 fully saturated rings. The van der Waals surface area contributed by atoms with Crippen molar-refractivity contribution in [3.05, 3.63) is 21.6 Å². The van der Waals surface area contributed by atoms with Crippen LogP contribution in [0.25, 0.3) is 0 Å². The number of hydrogen-bond acceptors (Lipinski definition) is 4. The van der Waals surface area contributed by atoms with E-state index in [2.05, 4.69) is 10.2 Å². The van der Waals surface area contributed by atoms with Crippen LogP contribution in [0.15, 0.2) is 11.0 Å². The molecule has 0 saturated heterocycles. The van der Waals surface area contributed by atoms with Gasteiger partial charge in [-0.3, -0.25) is 4.79 Å². The van der Waals surface area contributed by atoms with E-state index in [4.69, 9.17) is 21.1 Å². The molecule has 0 atom stereocenters. The number of hydrogen-bond donors (Lipinski definition) is 1. The van der Waals surface area contributed by atoms with Crippen LogP contribution >= 0.6 is 11.6 Å². The van der Waals surface area contributed by atoms with E-state index in [1.54, 1.807) is 0 Å². The standard InChI is InChI=1S/C9H13ClN2O3/c1-2-3-14-4-5-15-7-6-11-12-9(13)8(7)10/h6H,2-5H2,1H3,(H,12,13). The lowest BCUT2D eigenvalue weighted by Gasteiger charge is -2.06. The zero-order valence-corrected chi connectivity index (χ0v) is 9.21. The first-order valence-electron chi connectivity index (χ1n) is 4.69. The van der Waals surface area contributed by atoms with Gasteiger partial charge in [0.05, 0.1) is 12.8 Å². The van der Waals surface area contributed by atoms with Crippen molar-refractivity contribution < 1.29 is 9.47 Å². The van der Waals surface area contributed by atoms with Crippen LogP contribution in [0.1, 0.15) is 13.3 Å². The maximum atomic E-state index is 11.0. The summed E-state index contributed by atoms with van der Waals surface area (Å²) >= 11 is 5.68. The summed E-state index contributed by atoms with van der Waals surface area (Å²) in [6, 6.07) is 0. The molecule has 1 aromatic heterocycles. The van der Waals surface area contributed by atoms with Crippen LogP contribution in [0.5, 0.6) is 5.75 Å². The summed E-state index contributed by atoms with van der Waals surface area (Å²) in [5.74, 6) is 0.278. The fourth-order valence-corrected chi connectivity index (χ4v) is 1.07. The number of nitrogens with one attached hydrogen (secondary N) is 1. The van der Waals surface area contributed by atoms with Crippen LogP contribution in [-0.2, 0) is 4.74 Å². The Morgan fingerprint density at radius 3 is 3.00 bits per heavy atom. The molecular weight excluding hydrogens is 220 g/mol. The number of nitrogens with zero attached hydrogens (tertiary/aromatic N) is 1. The Balaban J connectivity index is 2.38. The number of H-pyrrole nitrogens is 1. The minimum atomic E-state index is -0.455. The highest BCUT2D eigenvalue weighted by Crippen LogP contribution is 2.16. The van der Waals surface area contributed by atoms with E-state index in [0.29, 0.717) is 19.8 Å². The normalized spacial score (nSPS) is 10.3. The lowest BCUT2D eigenvalue weighted by atomic mass is 10.5. The van der Waals surface area contributed by atoms with E-state index < -0.39 is 5.56 Å². The molecule has 5 nitrogen and oxygen atoms in total. The van der Waals surface area contributed by atoms with Gasteiger partial charge in [0.25, 0.3) is 5.56 Å². The third-order valence-corrected chi connectivity index (χ3v) is 1.96. The van der Waals surface area contributed by atoms with Crippen molar-refractivity contribution in [3.8, 4) is 5.75 Å². The van der Waals surface area contributed by atoms with Gasteiger partial charge in [-0.05, 0) is 6.42 Å². The molecule has 0 radical (unpaired) electrons. The number of halogens is 1. The number of rotatable bonds is 6. The molecule has 84 valence electrons. The van der Waals surface area contributed by atoms with E-state index >= 15 is 0 Å². The quantitative estimate of drug-likeness (QED) is 0.750. The summed E-state index contributed by atoms with van der Waals surface area (Å²) in [7, 11) is 0. The molecule has 0 amide bonds. The second kappa shape index (κ2) is 6.42. The van der Waals surface area contributed by atoms with Crippen molar-refractivity contribution in [2.24, 2.45) is 0 Å². The lowest BCUT2D eigenvalue weighted by molar-refractivity contribution is 0.100. The molecule has 0 aliphatic carbocycles. The molecule has 0 saturated carbocycles. The van der Waals surface area contributed by atoms with Gasteiger partial charge >= 0.3 is 0 Å². The van der Waals surface area contributed by atoms with Crippen molar-refractivity contribution in [1.82, 2.24) is 10.2 Å². The molecular formula is C9H13ClN2O3. The minimum Gasteiger partial charge on any atom is -0.488 e. The van der Waals surface area contributed by atoms with Gasteiger partial charge in [-0.25, -0.2) is 5.10 Å². The Labute approximate surface area is 92.4 Å². The zero-order valence-electron chi connectivity index (χ0n) is 8.46. The molecule has 1 N–H and O–H groups in total. The average molecular weight is 233 g/mol. The van der Waals surface area contributed by atoms with E-state index in [1.165, 1.54) is 6.20 Å². The lowest BCUT2D eigenvalue weighted by Crippen LogP contribution is -2.12. The second-order valence-corrected chi connectivity index (χ2v) is 3.22. The summed E-state index contributed by atoms with van der Waals surface area (Å²) in [6.45, 7) is 3.55. The Morgan fingerprint density at radius 1 is 1.47 bits per heavy atom. The Hall–Kier alpha value is -1.07. The molecule has 0 unspecified atom stereocenters. The van der Waals surface area contributed by atoms with E-state index in [1.807, 2.05) is 6.92 Å². The molecule has 15 heavy (non-hydrogen) atoms. The van der Waals surface area contributed by atoms with Crippen LogP contribution in [0, 0.1) is 0 Å². The highest BCUT2D eigenvalue weighted by Gasteiger charge is 2.05. The first-order chi connectivity index (χ1) is 7.25. The number of aromatic amines is 1. The van der Waals surface area contributed by atoms with Crippen LogP contribution in [0.2, 0.25) is 5.02 Å². The summed E-state index contributed by atoms with van der Waals surface area (Å²) in [5, 5.41) is 5.79. The van der Waals surface area contributed by atoms with Crippen molar-refractivity contribution >= 4 is 11.6 Å². The SMILES string of the molecule is CCCOCCOc1cn[nH]c(=O)c1Cl. The molecule has 1 heterocycles. The molecule has 1 aromatic rings. The first-order valence-corrected chi connectivity index (χ1v) is 5.07. The number of ether oxygens (including phenoxy) is 2. The van der Waals surface area contributed by atoms with Gasteiger partial charge in [-0.2, -0.15) is 5.10 Å². The molecule has 0 aliphatic rings. The van der Waals surface area contributed by atoms with E-state index in [9.17, 15) is 4.79 Å². The van der Waals surface area contributed by atoms with Gasteiger partial charge in [0.2, 0.25) is 0 Å². The van der Waals surface area contributed by atoms with Gasteiger partial charge in [-0.15, -0.1) is 0 Å². The van der Waals surface area contributed by atoms with E-state index in [-0.39, 0.29) is 10.8 Å². The second-order valence-electron chi connectivity index (χ2n) is 2.84. The predicted octanol–water partition coefficient (Wildman–Crippen LogP) is 1.23. The van der Waals surface area contributed by atoms with Gasteiger partial charge in [0.1, 0.15) is 6.61 Å². The van der Waals surface area contributed by atoms with Crippen LogP contribution < -0.4 is 10.3 Å². The Bertz CT molecular complexity index is 353. The Morgan fingerprint density at radius 2 is 2.27 bits per heavy atom. The molecule has 0 spiro atoms. The predicted molar refractivity (Wildman–Crippen MR) is 56.5 cm³/mol. The largest absolute Gasteiger partial charge is 0.488 e. The highest BCUT2D eigenvalue weighted by molar-refractivity contribution is 6.31. The van der Waals surface area contributed by atoms with E-state index in [0.717, 1.165) is 6.42 Å². The minimum absolute atomic E-state index is 0.0143. The molecule has 6 heteroatoms. The zero-order chi connectivity index (χ0) is 11.1. The van der Waals surface area contributed by atoms with Crippen molar-refractivity contribution in [2.75, 3.05) is 19.8 Å².